The van der Waals surface area contributed by atoms with Crippen molar-refractivity contribution in [2.24, 2.45) is 17.8 Å². The summed E-state index contributed by atoms with van der Waals surface area (Å²) in [6, 6.07) is 80.7. The second-order valence-electron chi connectivity index (χ2n) is 27.0. The van der Waals surface area contributed by atoms with E-state index in [0.29, 0.717) is 61.3 Å². The summed E-state index contributed by atoms with van der Waals surface area (Å²) in [7, 11) is 4.25. The van der Waals surface area contributed by atoms with Crippen molar-refractivity contribution in [3.8, 4) is 33.4 Å². The average molecular weight is 1380 g/mol. The molecule has 3 saturated heterocycles. The minimum atomic E-state index is -0.472. The number of ether oxygens (including phenoxy) is 3. The molecular formula is C88H85N7O9. The standard InChI is InChI=1S/C30H29N3O3.2C29H28N2O3/c1-36-30(35)25(19-20-9-14-27-24(18-20)26(31)15-16-32-27)28-8-5-17-33(28)29(34)23-12-10-22(11-13-23)21-6-3-2-4-7-21;2*1-34-29(33)25(19-24-18-23-10-5-6-11-26(23)30-24)27-12-7-17-31(27)28(32)22-15-13-21(14-16-22)20-8-3-2-4-9-20/h2-4,6-7,9-16,18,25,28H,5,8,17,19H2,1H3,(H2,31,32);2*2-6,8-11,13-16,18,25,27,30H,7,12,17,19H2,1H3. The van der Waals surface area contributed by atoms with Gasteiger partial charge in [-0.2, -0.15) is 0 Å². The van der Waals surface area contributed by atoms with Crippen molar-refractivity contribution < 1.29 is 43.0 Å². The molecule has 0 bridgehead atoms. The first-order valence-electron chi connectivity index (χ1n) is 35.7. The normalized spacial score (nSPS) is 16.4. The van der Waals surface area contributed by atoms with Gasteiger partial charge in [0.15, 0.2) is 0 Å². The summed E-state index contributed by atoms with van der Waals surface area (Å²) in [6.45, 7) is 1.90. The van der Waals surface area contributed by atoms with Crippen LogP contribution in [-0.4, -0.2) is 124 Å². The third-order valence-corrected chi connectivity index (χ3v) is 20.6. The van der Waals surface area contributed by atoms with E-state index < -0.39 is 17.8 Å². The van der Waals surface area contributed by atoms with Crippen molar-refractivity contribution in [1.82, 2.24) is 29.7 Å². The molecular weight excluding hydrogens is 1300 g/mol. The van der Waals surface area contributed by atoms with Gasteiger partial charge < -0.3 is 44.6 Å². The molecule has 16 heteroatoms. The molecule has 0 saturated carbocycles. The number of esters is 3. The van der Waals surface area contributed by atoms with Crippen LogP contribution in [0.25, 0.3) is 66.1 Å². The molecule has 9 aromatic carbocycles. The van der Waals surface area contributed by atoms with Crippen LogP contribution in [0.15, 0.2) is 255 Å². The van der Waals surface area contributed by atoms with Crippen molar-refractivity contribution in [2.45, 2.75) is 75.9 Å². The van der Waals surface area contributed by atoms with Gasteiger partial charge in [-0.15, -0.1) is 0 Å². The van der Waals surface area contributed by atoms with Crippen LogP contribution < -0.4 is 5.73 Å². The van der Waals surface area contributed by atoms with Crippen molar-refractivity contribution in [1.29, 1.82) is 0 Å². The quantitative estimate of drug-likeness (QED) is 0.0543. The molecule has 16 nitrogen and oxygen atoms in total. The van der Waals surface area contributed by atoms with Crippen molar-refractivity contribution >= 4 is 74.0 Å². The third kappa shape index (κ3) is 16.0. The number of carbonyl (C=O) groups excluding carboxylic acids is 6. The van der Waals surface area contributed by atoms with E-state index in [1.54, 1.807) is 12.3 Å². The molecule has 3 aliphatic heterocycles. The minimum absolute atomic E-state index is 0.0346. The van der Waals surface area contributed by atoms with E-state index in [2.05, 4.69) is 51.4 Å². The number of para-hydroxylation sites is 2. The fourth-order valence-corrected chi connectivity index (χ4v) is 15.3. The fourth-order valence-electron chi connectivity index (χ4n) is 15.3. The molecule has 526 valence electrons. The topological polar surface area (TPSA) is 210 Å². The molecule has 6 unspecified atom stereocenters. The molecule has 6 heterocycles. The number of rotatable bonds is 18. The number of methoxy groups -OCH3 is 3. The molecule has 3 amide bonds. The Morgan fingerprint density at radius 3 is 1.10 bits per heavy atom. The zero-order chi connectivity index (χ0) is 72.1. The van der Waals surface area contributed by atoms with Crippen molar-refractivity contribution in [3.05, 3.63) is 289 Å². The number of amides is 3. The number of likely N-dealkylation sites (tertiary alicyclic amines) is 3. The average Bonchev–Trinajstić information content (AvgIpc) is 1.32. The number of aromatic amines is 2. The van der Waals surface area contributed by atoms with E-state index in [0.717, 1.165) is 122 Å². The zero-order valence-corrected chi connectivity index (χ0v) is 58.7. The van der Waals surface area contributed by atoms with Crippen LogP contribution >= 0.6 is 0 Å². The fraction of sp³-hybridized carbons (Fsp3) is 0.239. The van der Waals surface area contributed by atoms with Crippen LogP contribution in [0, 0.1) is 17.8 Å². The maximum absolute atomic E-state index is 13.5. The highest BCUT2D eigenvalue weighted by Gasteiger charge is 2.43. The number of H-pyrrole nitrogens is 2. The van der Waals surface area contributed by atoms with Gasteiger partial charge in [0.2, 0.25) is 0 Å². The lowest BCUT2D eigenvalue weighted by molar-refractivity contribution is -0.148. The molecule has 0 radical (unpaired) electrons. The van der Waals surface area contributed by atoms with Crippen LogP contribution in [0.1, 0.15) is 86.6 Å². The SMILES string of the molecule is COC(=O)C(Cc1cc2ccccc2[nH]1)C1CCCN1C(=O)c1ccc(-c2ccccc2)cc1.COC(=O)C(Cc1cc2ccccc2[nH]1)C1CCCN1C(=O)c1ccc(-c2ccccc2)cc1.COC(=O)C(Cc1ccc2nccc(N)c2c1)C1CCCN1C(=O)c1ccc(-c2ccccc2)cc1. The number of hydrogen-bond acceptors (Lipinski definition) is 11. The molecule has 3 fully saturated rings. The number of nitrogen functional groups attached to an aromatic ring is 1. The highest BCUT2D eigenvalue weighted by Crippen LogP contribution is 2.36. The maximum atomic E-state index is 13.5. The molecule has 0 aliphatic carbocycles. The number of hydrogen-bond donors (Lipinski definition) is 3. The number of fused-ring (bicyclic) bond motifs is 3. The lowest BCUT2D eigenvalue weighted by Gasteiger charge is -2.30. The first kappa shape index (κ1) is 70.5. The lowest BCUT2D eigenvalue weighted by Crippen LogP contribution is -2.44. The van der Waals surface area contributed by atoms with Crippen LogP contribution in [0.2, 0.25) is 0 Å². The monoisotopic (exact) mass is 1380 g/mol. The van der Waals surface area contributed by atoms with Crippen molar-refractivity contribution in [3.63, 3.8) is 0 Å². The number of carbonyl (C=O) groups is 6. The molecule has 104 heavy (non-hydrogen) atoms. The molecule has 15 rings (SSSR count). The van der Waals surface area contributed by atoms with E-state index in [1.807, 2.05) is 221 Å². The Bertz CT molecular complexity index is 4700. The Kier molecular flexibility index (Phi) is 22.3. The summed E-state index contributed by atoms with van der Waals surface area (Å²) >= 11 is 0. The number of pyridine rings is 1. The smallest absolute Gasteiger partial charge is 0.311 e. The molecule has 4 N–H and O–H groups in total. The Balaban J connectivity index is 0.000000139. The largest absolute Gasteiger partial charge is 0.469 e. The van der Waals surface area contributed by atoms with Gasteiger partial charge in [-0.25, -0.2) is 0 Å². The Hall–Kier alpha value is -11.9. The van der Waals surface area contributed by atoms with Gasteiger partial charge >= 0.3 is 17.9 Å². The van der Waals surface area contributed by atoms with Gasteiger partial charge in [0.1, 0.15) is 0 Å². The van der Waals surface area contributed by atoms with E-state index in [9.17, 15) is 28.8 Å². The van der Waals surface area contributed by atoms with Crippen LogP contribution in [0.4, 0.5) is 5.69 Å². The second kappa shape index (κ2) is 32.8. The Labute approximate surface area is 605 Å². The summed E-state index contributed by atoms with van der Waals surface area (Å²) in [5.74, 6) is -2.30. The van der Waals surface area contributed by atoms with Gasteiger partial charge in [0.25, 0.3) is 17.7 Å². The minimum Gasteiger partial charge on any atom is -0.469 e. The lowest BCUT2D eigenvalue weighted by atomic mass is 9.89. The van der Waals surface area contributed by atoms with Gasteiger partial charge in [0.05, 0.1) is 44.6 Å². The third-order valence-electron chi connectivity index (χ3n) is 20.6. The van der Waals surface area contributed by atoms with E-state index in [1.165, 1.54) is 21.3 Å². The number of anilines is 1. The summed E-state index contributed by atoms with van der Waals surface area (Å²) in [5.41, 5.74) is 21.0. The predicted molar refractivity (Wildman–Crippen MR) is 408 cm³/mol. The number of nitrogens with two attached hydrogens (primary N) is 1. The van der Waals surface area contributed by atoms with Crippen LogP contribution in [0.3, 0.4) is 0 Å². The van der Waals surface area contributed by atoms with E-state index >= 15 is 0 Å². The van der Waals surface area contributed by atoms with Crippen LogP contribution in [0.5, 0.6) is 0 Å². The highest BCUT2D eigenvalue weighted by atomic mass is 16.5. The summed E-state index contributed by atoms with van der Waals surface area (Å²) < 4.78 is 15.6. The molecule has 0 spiro atoms. The highest BCUT2D eigenvalue weighted by molar-refractivity contribution is 5.98. The van der Waals surface area contributed by atoms with Gasteiger partial charge in [-0.3, -0.25) is 33.8 Å². The number of benzene rings is 9. The molecule has 6 atom stereocenters. The molecule has 3 aromatic heterocycles. The maximum Gasteiger partial charge on any atom is 0.311 e. The second-order valence-corrected chi connectivity index (χ2v) is 27.0. The summed E-state index contributed by atoms with van der Waals surface area (Å²) in [6.07, 6.45) is 8.07. The number of aromatic nitrogens is 3. The predicted octanol–water partition coefficient (Wildman–Crippen LogP) is 16.1. The van der Waals surface area contributed by atoms with E-state index in [4.69, 9.17) is 19.9 Å². The Morgan fingerprint density at radius 1 is 0.404 bits per heavy atom. The summed E-state index contributed by atoms with van der Waals surface area (Å²) in [4.78, 5) is 95.9. The van der Waals surface area contributed by atoms with Gasteiger partial charge in [-0.1, -0.05) is 170 Å². The number of nitrogens with one attached hydrogen (secondary N) is 2. The van der Waals surface area contributed by atoms with Crippen LogP contribution in [-0.2, 0) is 47.9 Å². The zero-order valence-electron chi connectivity index (χ0n) is 58.7. The van der Waals surface area contributed by atoms with Gasteiger partial charge in [0, 0.05) is 107 Å². The van der Waals surface area contributed by atoms with Gasteiger partial charge in [-0.05, 0) is 174 Å². The Morgan fingerprint density at radius 2 is 0.740 bits per heavy atom. The first-order valence-corrected chi connectivity index (χ1v) is 35.7. The van der Waals surface area contributed by atoms with Crippen molar-refractivity contribution in [2.75, 3.05) is 46.7 Å². The van der Waals surface area contributed by atoms with E-state index in [-0.39, 0.29) is 53.8 Å². The number of nitrogens with zero attached hydrogens (tertiary/aromatic N) is 4. The molecule has 12 aromatic rings. The molecule has 3 aliphatic rings. The first-order chi connectivity index (χ1) is 50.8. The summed E-state index contributed by atoms with van der Waals surface area (Å²) in [5, 5.41) is 3.08.